The van der Waals surface area contributed by atoms with Gasteiger partial charge in [0.15, 0.2) is 11.0 Å². The number of benzene rings is 1. The molecule has 3 N–H and O–H groups in total. The van der Waals surface area contributed by atoms with Crippen LogP contribution in [0.15, 0.2) is 30.6 Å². The van der Waals surface area contributed by atoms with E-state index in [2.05, 4.69) is 15.3 Å². The molecule has 0 amide bonds. The Hall–Kier alpha value is -1.52. The summed E-state index contributed by atoms with van der Waals surface area (Å²) in [5.41, 5.74) is 7.22. The number of rotatable bonds is 3. The van der Waals surface area contributed by atoms with E-state index in [1.165, 1.54) is 6.33 Å². The minimum atomic E-state index is 0.0375. The molecule has 1 heterocycles. The van der Waals surface area contributed by atoms with Gasteiger partial charge in [-0.1, -0.05) is 35.3 Å². The Morgan fingerprint density at radius 1 is 1.17 bits per heavy atom. The third kappa shape index (κ3) is 2.83. The monoisotopic (exact) mass is 282 g/mol. The van der Waals surface area contributed by atoms with Gasteiger partial charge in [-0.15, -0.1) is 0 Å². The van der Waals surface area contributed by atoms with Gasteiger partial charge in [-0.3, -0.25) is 0 Å². The molecule has 1 aromatic heterocycles. The highest BCUT2D eigenvalue weighted by Crippen LogP contribution is 2.26. The Bertz CT molecular complexity index is 542. The molecule has 0 aliphatic carbocycles. The van der Waals surface area contributed by atoms with Crippen LogP contribution in [0.3, 0.4) is 0 Å². The minimum Gasteiger partial charge on any atom is -0.393 e. The molecule has 18 heavy (non-hydrogen) atoms. The smallest absolute Gasteiger partial charge is 0.157 e. The van der Waals surface area contributed by atoms with Crippen molar-refractivity contribution in [1.29, 1.82) is 0 Å². The molecule has 0 spiro atoms. The van der Waals surface area contributed by atoms with Crippen molar-refractivity contribution in [2.75, 3.05) is 11.1 Å². The molecule has 2 aromatic rings. The van der Waals surface area contributed by atoms with Crippen molar-refractivity contribution in [3.8, 4) is 0 Å². The predicted molar refractivity (Wildman–Crippen MR) is 74.9 cm³/mol. The van der Waals surface area contributed by atoms with Crippen LogP contribution in [0.5, 0.6) is 0 Å². The van der Waals surface area contributed by atoms with E-state index < -0.39 is 0 Å². The third-order valence-electron chi connectivity index (χ3n) is 2.56. The number of halogens is 2. The van der Waals surface area contributed by atoms with Gasteiger partial charge in [0.05, 0.1) is 6.04 Å². The second kappa shape index (κ2) is 5.42. The molecule has 0 bridgehead atoms. The van der Waals surface area contributed by atoms with Crippen molar-refractivity contribution in [1.82, 2.24) is 9.97 Å². The molecule has 6 heteroatoms. The normalized spacial score (nSPS) is 12.2. The van der Waals surface area contributed by atoms with Gasteiger partial charge in [0.25, 0.3) is 0 Å². The van der Waals surface area contributed by atoms with Gasteiger partial charge in [-0.05, 0) is 24.6 Å². The molecule has 0 aliphatic rings. The molecular formula is C12H12Cl2N4. The van der Waals surface area contributed by atoms with E-state index >= 15 is 0 Å². The molecule has 94 valence electrons. The number of nitrogens with one attached hydrogen (secondary N) is 1. The molecule has 0 radical (unpaired) electrons. The summed E-state index contributed by atoms with van der Waals surface area (Å²) >= 11 is 11.7. The topological polar surface area (TPSA) is 63.8 Å². The molecule has 0 saturated heterocycles. The van der Waals surface area contributed by atoms with Crippen LogP contribution in [0, 0.1) is 0 Å². The summed E-state index contributed by atoms with van der Waals surface area (Å²) in [7, 11) is 0. The summed E-state index contributed by atoms with van der Waals surface area (Å²) < 4.78 is 0. The standard InChI is InChI=1S/C12H12Cl2N4/c1-7(8-2-4-9(13)5-3-8)18-12-10(15)11(14)16-6-17-12/h2-7H,15H2,1H3,(H,16,17,18). The number of anilines is 2. The van der Waals surface area contributed by atoms with E-state index in [9.17, 15) is 0 Å². The van der Waals surface area contributed by atoms with Crippen LogP contribution in [-0.2, 0) is 0 Å². The van der Waals surface area contributed by atoms with Crippen LogP contribution in [0.25, 0.3) is 0 Å². The highest BCUT2D eigenvalue weighted by molar-refractivity contribution is 6.32. The summed E-state index contributed by atoms with van der Waals surface area (Å²) in [6.45, 7) is 2.00. The van der Waals surface area contributed by atoms with E-state index in [-0.39, 0.29) is 11.2 Å². The predicted octanol–water partition coefficient (Wildman–Crippen LogP) is 3.54. The molecule has 0 fully saturated rings. The maximum atomic E-state index is 5.84. The van der Waals surface area contributed by atoms with Crippen molar-refractivity contribution >= 4 is 34.7 Å². The molecule has 1 atom stereocenters. The maximum absolute atomic E-state index is 5.84. The summed E-state index contributed by atoms with van der Waals surface area (Å²) in [5, 5.41) is 4.13. The molecule has 4 nitrogen and oxygen atoms in total. The summed E-state index contributed by atoms with van der Waals surface area (Å²) in [6, 6.07) is 7.60. The van der Waals surface area contributed by atoms with Crippen molar-refractivity contribution in [2.45, 2.75) is 13.0 Å². The van der Waals surface area contributed by atoms with Crippen molar-refractivity contribution in [2.24, 2.45) is 0 Å². The number of hydrogen-bond acceptors (Lipinski definition) is 4. The van der Waals surface area contributed by atoms with Gasteiger partial charge in [-0.2, -0.15) is 0 Å². The second-order valence-corrected chi connectivity index (χ2v) is 4.64. The van der Waals surface area contributed by atoms with Crippen molar-refractivity contribution in [3.05, 3.63) is 46.3 Å². The molecule has 0 saturated carbocycles. The van der Waals surface area contributed by atoms with Gasteiger partial charge in [-0.25, -0.2) is 9.97 Å². The Labute approximate surface area is 115 Å². The summed E-state index contributed by atoms with van der Waals surface area (Å²) in [6.07, 6.45) is 1.37. The fraction of sp³-hybridized carbons (Fsp3) is 0.167. The van der Waals surface area contributed by atoms with E-state index in [0.29, 0.717) is 16.5 Å². The van der Waals surface area contributed by atoms with Crippen LogP contribution < -0.4 is 11.1 Å². The van der Waals surface area contributed by atoms with Gasteiger partial charge >= 0.3 is 0 Å². The lowest BCUT2D eigenvalue weighted by molar-refractivity contribution is 0.873. The third-order valence-corrected chi connectivity index (χ3v) is 3.11. The van der Waals surface area contributed by atoms with E-state index in [1.807, 2.05) is 31.2 Å². The number of nitrogens with zero attached hydrogens (tertiary/aromatic N) is 2. The minimum absolute atomic E-state index is 0.0375. The summed E-state index contributed by atoms with van der Waals surface area (Å²) in [5.74, 6) is 0.525. The highest BCUT2D eigenvalue weighted by Gasteiger charge is 2.10. The average Bonchev–Trinajstić information content (AvgIpc) is 2.36. The first-order chi connectivity index (χ1) is 8.58. The highest BCUT2D eigenvalue weighted by atomic mass is 35.5. The first-order valence-electron chi connectivity index (χ1n) is 5.36. The zero-order chi connectivity index (χ0) is 13.1. The quantitative estimate of drug-likeness (QED) is 0.846. The first-order valence-corrected chi connectivity index (χ1v) is 6.11. The largest absolute Gasteiger partial charge is 0.393 e. The van der Waals surface area contributed by atoms with Crippen LogP contribution in [-0.4, -0.2) is 9.97 Å². The molecule has 1 unspecified atom stereocenters. The SMILES string of the molecule is CC(Nc1ncnc(Cl)c1N)c1ccc(Cl)cc1. The lowest BCUT2D eigenvalue weighted by atomic mass is 10.1. The fourth-order valence-corrected chi connectivity index (χ4v) is 1.79. The Morgan fingerprint density at radius 3 is 2.50 bits per heavy atom. The Kier molecular flexibility index (Phi) is 3.89. The zero-order valence-corrected chi connectivity index (χ0v) is 11.2. The van der Waals surface area contributed by atoms with Gasteiger partial charge in [0.1, 0.15) is 12.0 Å². The Morgan fingerprint density at radius 2 is 1.83 bits per heavy atom. The average molecular weight is 283 g/mol. The van der Waals surface area contributed by atoms with Gasteiger partial charge in [0, 0.05) is 5.02 Å². The second-order valence-electron chi connectivity index (χ2n) is 3.84. The zero-order valence-electron chi connectivity index (χ0n) is 9.69. The molecule has 2 rings (SSSR count). The van der Waals surface area contributed by atoms with E-state index in [1.54, 1.807) is 0 Å². The molecule has 1 aromatic carbocycles. The number of nitrogens with two attached hydrogens (primary N) is 1. The first kappa shape index (κ1) is 12.9. The number of aromatic nitrogens is 2. The van der Waals surface area contributed by atoms with Crippen LogP contribution in [0.2, 0.25) is 10.2 Å². The van der Waals surface area contributed by atoms with Crippen molar-refractivity contribution < 1.29 is 0 Å². The molecular weight excluding hydrogens is 271 g/mol. The van der Waals surface area contributed by atoms with Crippen LogP contribution in [0.1, 0.15) is 18.5 Å². The Balaban J connectivity index is 2.18. The van der Waals surface area contributed by atoms with E-state index in [4.69, 9.17) is 28.9 Å². The summed E-state index contributed by atoms with van der Waals surface area (Å²) in [4.78, 5) is 7.87. The van der Waals surface area contributed by atoms with Gasteiger partial charge in [0.2, 0.25) is 0 Å². The van der Waals surface area contributed by atoms with Crippen LogP contribution >= 0.6 is 23.2 Å². The fourth-order valence-electron chi connectivity index (χ4n) is 1.53. The van der Waals surface area contributed by atoms with Crippen molar-refractivity contribution in [3.63, 3.8) is 0 Å². The van der Waals surface area contributed by atoms with Crippen LogP contribution in [0.4, 0.5) is 11.5 Å². The molecule has 0 aliphatic heterocycles. The lowest BCUT2D eigenvalue weighted by Crippen LogP contribution is -2.10. The number of nitrogen functional groups attached to an aromatic ring is 1. The van der Waals surface area contributed by atoms with E-state index in [0.717, 1.165) is 5.56 Å². The van der Waals surface area contributed by atoms with Gasteiger partial charge < -0.3 is 11.1 Å². The maximum Gasteiger partial charge on any atom is 0.157 e. The number of hydrogen-bond donors (Lipinski definition) is 2. The lowest BCUT2D eigenvalue weighted by Gasteiger charge is -2.16.